The fraction of sp³-hybridized carbons (Fsp3) is 0.917. The monoisotopic (exact) mass is 242 g/mol. The van der Waals surface area contributed by atoms with Gasteiger partial charge in [0, 0.05) is 18.5 Å². The second-order valence-electron chi connectivity index (χ2n) is 4.92. The zero-order chi connectivity index (χ0) is 12.1. The summed E-state index contributed by atoms with van der Waals surface area (Å²) in [6.45, 7) is 2.42. The van der Waals surface area contributed by atoms with Crippen LogP contribution in [-0.4, -0.2) is 44.4 Å². The van der Waals surface area contributed by atoms with Gasteiger partial charge in [-0.2, -0.15) is 0 Å². The number of carbonyl (C=O) groups is 1. The Labute approximate surface area is 102 Å². The van der Waals surface area contributed by atoms with Gasteiger partial charge in [0.2, 0.25) is 5.91 Å². The third kappa shape index (κ3) is 3.94. The van der Waals surface area contributed by atoms with Crippen LogP contribution in [0.15, 0.2) is 0 Å². The van der Waals surface area contributed by atoms with Gasteiger partial charge in [0.1, 0.15) is 0 Å². The van der Waals surface area contributed by atoms with E-state index in [0.29, 0.717) is 26.4 Å². The van der Waals surface area contributed by atoms with Crippen LogP contribution in [0.1, 0.15) is 25.7 Å². The highest BCUT2D eigenvalue weighted by atomic mass is 16.6. The number of hydrogen-bond donors (Lipinski definition) is 2. The summed E-state index contributed by atoms with van der Waals surface area (Å²) in [5, 5.41) is 2.95. The summed E-state index contributed by atoms with van der Waals surface area (Å²) in [6.07, 6.45) is 3.75. The standard InChI is InChI=1S/C12H22N2O3/c13-10-3-1-9(2-4-10)12(15)14-7-11-8-16-5-6-17-11/h9-11H,1-8,13H2,(H,14,15). The van der Waals surface area contributed by atoms with Crippen LogP contribution in [0.4, 0.5) is 0 Å². The topological polar surface area (TPSA) is 73.6 Å². The zero-order valence-electron chi connectivity index (χ0n) is 10.2. The Morgan fingerprint density at radius 3 is 2.65 bits per heavy atom. The number of amides is 1. The SMILES string of the molecule is NC1CCC(C(=O)NCC2COCCO2)CC1. The number of nitrogens with one attached hydrogen (secondary N) is 1. The highest BCUT2D eigenvalue weighted by Gasteiger charge is 2.25. The van der Waals surface area contributed by atoms with Crippen LogP contribution in [0.5, 0.6) is 0 Å². The van der Waals surface area contributed by atoms with Gasteiger partial charge in [-0.1, -0.05) is 0 Å². The molecule has 0 aromatic heterocycles. The number of rotatable bonds is 3. The average molecular weight is 242 g/mol. The van der Waals surface area contributed by atoms with Gasteiger partial charge < -0.3 is 20.5 Å². The van der Waals surface area contributed by atoms with Crippen molar-refractivity contribution in [3.05, 3.63) is 0 Å². The molecule has 1 aliphatic carbocycles. The first-order chi connectivity index (χ1) is 8.25. The van der Waals surface area contributed by atoms with Crippen LogP contribution in [0.2, 0.25) is 0 Å². The smallest absolute Gasteiger partial charge is 0.223 e. The van der Waals surface area contributed by atoms with E-state index in [1.54, 1.807) is 0 Å². The van der Waals surface area contributed by atoms with Crippen molar-refractivity contribution in [3.8, 4) is 0 Å². The molecule has 0 radical (unpaired) electrons. The molecule has 0 bridgehead atoms. The van der Waals surface area contributed by atoms with Gasteiger partial charge in [-0.25, -0.2) is 0 Å². The summed E-state index contributed by atoms with van der Waals surface area (Å²) >= 11 is 0. The second-order valence-corrected chi connectivity index (χ2v) is 4.92. The van der Waals surface area contributed by atoms with E-state index in [1.807, 2.05) is 0 Å². The minimum absolute atomic E-state index is 0.0125. The minimum Gasteiger partial charge on any atom is -0.376 e. The lowest BCUT2D eigenvalue weighted by Gasteiger charge is -2.27. The molecule has 2 fully saturated rings. The third-order valence-electron chi connectivity index (χ3n) is 3.53. The molecular formula is C12H22N2O3. The van der Waals surface area contributed by atoms with Gasteiger partial charge in [0.15, 0.2) is 0 Å². The molecule has 2 aliphatic rings. The van der Waals surface area contributed by atoms with Crippen LogP contribution in [0.25, 0.3) is 0 Å². The van der Waals surface area contributed by atoms with E-state index in [-0.39, 0.29) is 24.0 Å². The van der Waals surface area contributed by atoms with Crippen LogP contribution in [0.3, 0.4) is 0 Å². The van der Waals surface area contributed by atoms with Gasteiger partial charge >= 0.3 is 0 Å². The van der Waals surface area contributed by atoms with E-state index >= 15 is 0 Å². The number of hydrogen-bond acceptors (Lipinski definition) is 4. The molecule has 1 saturated heterocycles. The van der Waals surface area contributed by atoms with Crippen molar-refractivity contribution in [2.45, 2.75) is 37.8 Å². The van der Waals surface area contributed by atoms with Crippen LogP contribution < -0.4 is 11.1 Å². The van der Waals surface area contributed by atoms with Gasteiger partial charge in [-0.05, 0) is 25.7 Å². The molecule has 1 amide bonds. The quantitative estimate of drug-likeness (QED) is 0.732. The minimum atomic E-state index is 0.0125. The molecule has 98 valence electrons. The maximum Gasteiger partial charge on any atom is 0.223 e. The summed E-state index contributed by atoms with van der Waals surface area (Å²) in [5.74, 6) is 0.283. The molecule has 1 saturated carbocycles. The van der Waals surface area contributed by atoms with E-state index in [1.165, 1.54) is 0 Å². The van der Waals surface area contributed by atoms with E-state index in [2.05, 4.69) is 5.32 Å². The van der Waals surface area contributed by atoms with Gasteiger partial charge in [-0.3, -0.25) is 4.79 Å². The van der Waals surface area contributed by atoms with Crippen molar-refractivity contribution in [2.24, 2.45) is 11.7 Å². The summed E-state index contributed by atoms with van der Waals surface area (Å²) in [7, 11) is 0. The van der Waals surface area contributed by atoms with E-state index < -0.39 is 0 Å². The lowest BCUT2D eigenvalue weighted by Crippen LogP contribution is -2.43. The van der Waals surface area contributed by atoms with Crippen LogP contribution in [-0.2, 0) is 14.3 Å². The third-order valence-corrected chi connectivity index (χ3v) is 3.53. The maximum absolute atomic E-state index is 11.9. The number of nitrogens with two attached hydrogens (primary N) is 1. The van der Waals surface area contributed by atoms with Gasteiger partial charge in [0.25, 0.3) is 0 Å². The lowest BCUT2D eigenvalue weighted by atomic mass is 9.86. The molecule has 1 atom stereocenters. The van der Waals surface area contributed by atoms with Crippen LogP contribution >= 0.6 is 0 Å². The maximum atomic E-state index is 11.9. The van der Waals surface area contributed by atoms with Gasteiger partial charge in [-0.15, -0.1) is 0 Å². The zero-order valence-corrected chi connectivity index (χ0v) is 10.2. The largest absolute Gasteiger partial charge is 0.376 e. The fourth-order valence-electron chi connectivity index (χ4n) is 2.39. The Balaban J connectivity index is 1.66. The Morgan fingerprint density at radius 1 is 1.24 bits per heavy atom. The van der Waals surface area contributed by atoms with Crippen molar-refractivity contribution >= 4 is 5.91 Å². The molecular weight excluding hydrogens is 220 g/mol. The summed E-state index contributed by atoms with van der Waals surface area (Å²) in [5.41, 5.74) is 5.82. The van der Waals surface area contributed by atoms with E-state index in [9.17, 15) is 4.79 Å². The second kappa shape index (κ2) is 6.33. The van der Waals surface area contributed by atoms with Crippen molar-refractivity contribution in [1.29, 1.82) is 0 Å². The average Bonchev–Trinajstić information content (AvgIpc) is 2.38. The molecule has 2 rings (SSSR count). The molecule has 17 heavy (non-hydrogen) atoms. The molecule has 1 heterocycles. The molecule has 5 nitrogen and oxygen atoms in total. The summed E-state index contributed by atoms with van der Waals surface area (Å²) in [4.78, 5) is 11.9. The number of carbonyl (C=O) groups excluding carboxylic acids is 1. The molecule has 0 aromatic rings. The van der Waals surface area contributed by atoms with Crippen molar-refractivity contribution < 1.29 is 14.3 Å². The Morgan fingerprint density at radius 2 is 2.00 bits per heavy atom. The van der Waals surface area contributed by atoms with Crippen molar-refractivity contribution in [1.82, 2.24) is 5.32 Å². The number of ether oxygens (including phenoxy) is 2. The van der Waals surface area contributed by atoms with E-state index in [0.717, 1.165) is 25.7 Å². The first-order valence-corrected chi connectivity index (χ1v) is 6.48. The molecule has 5 heteroatoms. The molecule has 3 N–H and O–H groups in total. The highest BCUT2D eigenvalue weighted by molar-refractivity contribution is 5.78. The summed E-state index contributed by atoms with van der Waals surface area (Å²) < 4.78 is 10.8. The first kappa shape index (κ1) is 12.8. The molecule has 0 aromatic carbocycles. The van der Waals surface area contributed by atoms with Crippen LogP contribution in [0, 0.1) is 5.92 Å². The predicted octanol–water partition coefficient (Wildman–Crippen LogP) is 0.0355. The van der Waals surface area contributed by atoms with E-state index in [4.69, 9.17) is 15.2 Å². The molecule has 1 aliphatic heterocycles. The Bertz CT molecular complexity index is 246. The molecule has 0 spiro atoms. The Hall–Kier alpha value is -0.650. The van der Waals surface area contributed by atoms with Gasteiger partial charge in [0.05, 0.1) is 25.9 Å². The predicted molar refractivity (Wildman–Crippen MR) is 63.5 cm³/mol. The fourth-order valence-corrected chi connectivity index (χ4v) is 2.39. The summed E-state index contributed by atoms with van der Waals surface area (Å²) in [6, 6.07) is 0.286. The first-order valence-electron chi connectivity index (χ1n) is 6.48. The Kier molecular flexibility index (Phi) is 4.76. The van der Waals surface area contributed by atoms with Crippen molar-refractivity contribution in [3.63, 3.8) is 0 Å². The lowest BCUT2D eigenvalue weighted by molar-refractivity contribution is -0.128. The normalized spacial score (nSPS) is 34.3. The molecule has 1 unspecified atom stereocenters. The van der Waals surface area contributed by atoms with Crippen molar-refractivity contribution in [2.75, 3.05) is 26.4 Å². The highest BCUT2D eigenvalue weighted by Crippen LogP contribution is 2.23.